The average Bonchev–Trinajstić information content (AvgIpc) is 1.83. The maximum absolute atomic E-state index is 5.24. The van der Waals surface area contributed by atoms with Gasteiger partial charge in [-0.2, -0.15) is 0 Å². The molecule has 0 atom stereocenters. The molecule has 0 aromatic carbocycles. The Hall–Kier alpha value is 0.543. The summed E-state index contributed by atoms with van der Waals surface area (Å²) in [7, 11) is 1.72. The number of ether oxygens (including phenoxy) is 1. The van der Waals surface area contributed by atoms with Gasteiger partial charge in [0.15, 0.2) is 0 Å². The topological polar surface area (TPSA) is 23.3 Å². The third kappa shape index (κ3) is 15.0. The van der Waals surface area contributed by atoms with E-state index in [0.29, 0.717) is 0 Å². The molecule has 0 aliphatic rings. The van der Waals surface area contributed by atoms with Crippen LogP contribution in [0.1, 0.15) is 34.6 Å². The summed E-state index contributed by atoms with van der Waals surface area (Å²) < 4.78 is 5.24. The summed E-state index contributed by atoms with van der Waals surface area (Å²) >= 11 is 0. The van der Waals surface area contributed by atoms with Crippen molar-refractivity contribution in [2.45, 2.75) is 45.8 Å². The predicted octanol–water partition coefficient (Wildman–Crippen LogP) is 3.48. The number of hydrogen-bond donors (Lipinski definition) is 0. The number of nitrogens with zero attached hydrogens (tertiary/aromatic N) is 1. The molecule has 3 heteroatoms. The molecule has 0 N–H and O–H groups in total. The molecule has 0 bridgehead atoms. The van der Waals surface area contributed by atoms with Crippen molar-refractivity contribution in [3.05, 3.63) is 20.2 Å². The zero-order valence-corrected chi connectivity index (χ0v) is 14.2. The molecule has 0 aromatic rings. The molecule has 0 saturated heterocycles. The van der Waals surface area contributed by atoms with Gasteiger partial charge in [0.1, 0.15) is 0 Å². The molecule has 86 valence electrons. The standard InChI is InChI=1S/C9H20NO.2CH3.Zn/c1-8(2,3)10-7-9(4,5)11-6;;;/h7H2,1-6H3;2*1H3;/q3*-1;. The molecule has 0 heterocycles. The van der Waals surface area contributed by atoms with Crippen molar-refractivity contribution in [3.63, 3.8) is 0 Å². The molecule has 14 heavy (non-hydrogen) atoms. The van der Waals surface area contributed by atoms with Crippen molar-refractivity contribution in [2.75, 3.05) is 13.7 Å². The molecule has 0 aliphatic heterocycles. The molecule has 0 amide bonds. The smallest absolute Gasteiger partial charge is 0.0436 e. The summed E-state index contributed by atoms with van der Waals surface area (Å²) in [4.78, 5) is 0. The van der Waals surface area contributed by atoms with E-state index in [4.69, 9.17) is 4.74 Å². The molecular formula is C11H26NOZn-3. The fourth-order valence-corrected chi connectivity index (χ4v) is 0.492. The Kier molecular flexibility index (Phi) is 15.1. The monoisotopic (exact) mass is 252 g/mol. The summed E-state index contributed by atoms with van der Waals surface area (Å²) in [5, 5.41) is 4.47. The summed E-state index contributed by atoms with van der Waals surface area (Å²) in [5.41, 5.74) is -0.0664. The van der Waals surface area contributed by atoms with E-state index in [1.54, 1.807) is 7.11 Å². The second-order valence-electron chi connectivity index (χ2n) is 4.45. The summed E-state index contributed by atoms with van der Waals surface area (Å²) in [5.74, 6) is 0. The summed E-state index contributed by atoms with van der Waals surface area (Å²) in [6, 6.07) is 0. The Bertz CT molecular complexity index is 119. The summed E-state index contributed by atoms with van der Waals surface area (Å²) in [6.45, 7) is 11.1. The Labute approximate surface area is 104 Å². The van der Waals surface area contributed by atoms with E-state index in [2.05, 4.69) is 26.1 Å². The molecule has 0 unspecified atom stereocenters. The molecule has 0 aromatic heterocycles. The maximum Gasteiger partial charge on any atom is 0.0436 e. The van der Waals surface area contributed by atoms with Crippen molar-refractivity contribution in [1.29, 1.82) is 0 Å². The third-order valence-corrected chi connectivity index (χ3v) is 1.49. The van der Waals surface area contributed by atoms with Crippen molar-refractivity contribution in [1.82, 2.24) is 0 Å². The van der Waals surface area contributed by atoms with Gasteiger partial charge in [-0.05, 0) is 13.8 Å². The van der Waals surface area contributed by atoms with Gasteiger partial charge < -0.3 is 24.9 Å². The van der Waals surface area contributed by atoms with Gasteiger partial charge in [-0.15, -0.1) is 12.1 Å². The molecule has 0 aliphatic carbocycles. The van der Waals surface area contributed by atoms with E-state index in [1.165, 1.54) is 0 Å². The molecular weight excluding hydrogens is 228 g/mol. The number of hydrogen-bond acceptors (Lipinski definition) is 1. The first-order valence-electron chi connectivity index (χ1n) is 4.01. The van der Waals surface area contributed by atoms with Crippen LogP contribution in [-0.4, -0.2) is 24.8 Å². The van der Waals surface area contributed by atoms with Crippen LogP contribution in [0.3, 0.4) is 0 Å². The SMILES string of the molecule is COC(C)(C)C[N-]C(C)(C)C.[CH3-].[CH3-].[Zn]. The minimum Gasteiger partial charge on any atom is -0.655 e. The Morgan fingerprint density at radius 2 is 1.36 bits per heavy atom. The fraction of sp³-hybridized carbons (Fsp3) is 0.818. The zero-order chi connectivity index (χ0) is 9.12. The van der Waals surface area contributed by atoms with E-state index in [1.807, 2.05) is 13.8 Å². The van der Waals surface area contributed by atoms with E-state index in [9.17, 15) is 0 Å². The normalized spacial score (nSPS) is 10.7. The number of rotatable bonds is 3. The van der Waals surface area contributed by atoms with Gasteiger partial charge >= 0.3 is 0 Å². The van der Waals surface area contributed by atoms with Crippen LogP contribution in [0.15, 0.2) is 0 Å². The third-order valence-electron chi connectivity index (χ3n) is 1.49. The quantitative estimate of drug-likeness (QED) is 0.558. The van der Waals surface area contributed by atoms with E-state index >= 15 is 0 Å². The van der Waals surface area contributed by atoms with Gasteiger partial charge in [0, 0.05) is 32.2 Å². The van der Waals surface area contributed by atoms with Crippen molar-refractivity contribution < 1.29 is 24.2 Å². The zero-order valence-electron chi connectivity index (χ0n) is 11.3. The largest absolute Gasteiger partial charge is 0.655 e. The van der Waals surface area contributed by atoms with Gasteiger partial charge in [0.2, 0.25) is 0 Å². The molecule has 0 radical (unpaired) electrons. The Morgan fingerprint density at radius 1 is 1.00 bits per heavy atom. The minimum absolute atomic E-state index is 0. The van der Waals surface area contributed by atoms with Crippen LogP contribution in [-0.2, 0) is 24.2 Å². The Balaban J connectivity index is -0.000000167. The van der Waals surface area contributed by atoms with Crippen molar-refractivity contribution >= 4 is 0 Å². The molecule has 0 fully saturated rings. The molecule has 2 nitrogen and oxygen atoms in total. The molecule has 0 rings (SSSR count). The molecule has 0 saturated carbocycles. The van der Waals surface area contributed by atoms with Gasteiger partial charge in [-0.3, -0.25) is 0 Å². The fourth-order valence-electron chi connectivity index (χ4n) is 0.492. The first-order valence-corrected chi connectivity index (χ1v) is 4.01. The van der Waals surface area contributed by atoms with Crippen molar-refractivity contribution in [2.24, 2.45) is 0 Å². The Morgan fingerprint density at radius 3 is 1.57 bits per heavy atom. The van der Waals surface area contributed by atoms with Crippen LogP contribution in [0.25, 0.3) is 5.32 Å². The van der Waals surface area contributed by atoms with E-state index < -0.39 is 0 Å². The van der Waals surface area contributed by atoms with Crippen LogP contribution in [0, 0.1) is 14.9 Å². The van der Waals surface area contributed by atoms with Crippen LogP contribution >= 0.6 is 0 Å². The van der Waals surface area contributed by atoms with E-state index in [0.717, 1.165) is 6.54 Å². The molecule has 0 spiro atoms. The van der Waals surface area contributed by atoms with Crippen LogP contribution in [0.2, 0.25) is 0 Å². The van der Waals surface area contributed by atoms with Crippen LogP contribution in [0.5, 0.6) is 0 Å². The first-order chi connectivity index (χ1) is 4.77. The van der Waals surface area contributed by atoms with Crippen LogP contribution < -0.4 is 0 Å². The second-order valence-corrected chi connectivity index (χ2v) is 4.45. The second kappa shape index (κ2) is 8.82. The van der Waals surface area contributed by atoms with Gasteiger partial charge in [0.05, 0.1) is 0 Å². The summed E-state index contributed by atoms with van der Waals surface area (Å²) in [6.07, 6.45) is 0. The van der Waals surface area contributed by atoms with Crippen LogP contribution in [0.4, 0.5) is 0 Å². The average molecular weight is 254 g/mol. The maximum atomic E-state index is 5.24. The van der Waals surface area contributed by atoms with Gasteiger partial charge in [0.25, 0.3) is 0 Å². The first kappa shape index (κ1) is 24.0. The van der Waals surface area contributed by atoms with Gasteiger partial charge in [-0.25, -0.2) is 0 Å². The number of methoxy groups -OCH3 is 1. The van der Waals surface area contributed by atoms with E-state index in [-0.39, 0.29) is 45.5 Å². The predicted molar refractivity (Wildman–Crippen MR) is 61.9 cm³/mol. The van der Waals surface area contributed by atoms with Gasteiger partial charge in [-0.1, -0.05) is 20.8 Å². The van der Waals surface area contributed by atoms with Crippen molar-refractivity contribution in [3.8, 4) is 0 Å². The minimum atomic E-state index is -0.118.